The van der Waals surface area contributed by atoms with Crippen molar-refractivity contribution in [1.29, 1.82) is 0 Å². The van der Waals surface area contributed by atoms with Gasteiger partial charge in [-0.1, -0.05) is 20.3 Å². The molecular formula is C13H21FeO3-. The SMILES string of the molecule is C=O.C=O.C=O.CC1=CC[C-]=C1CC(C)C.[Fe]. The summed E-state index contributed by atoms with van der Waals surface area (Å²) in [6, 6.07) is 0. The Morgan fingerprint density at radius 2 is 1.59 bits per heavy atom. The summed E-state index contributed by atoms with van der Waals surface area (Å²) in [5, 5.41) is 0. The predicted molar refractivity (Wildman–Crippen MR) is 65.9 cm³/mol. The van der Waals surface area contributed by atoms with Crippen LogP contribution in [0.4, 0.5) is 0 Å². The van der Waals surface area contributed by atoms with E-state index < -0.39 is 0 Å². The minimum atomic E-state index is 0. The number of rotatable bonds is 2. The molecule has 0 aromatic carbocycles. The third kappa shape index (κ3) is 15.0. The summed E-state index contributed by atoms with van der Waals surface area (Å²) in [6.07, 6.45) is 7.84. The van der Waals surface area contributed by atoms with Crippen LogP contribution in [0.25, 0.3) is 0 Å². The first-order valence-electron chi connectivity index (χ1n) is 4.83. The van der Waals surface area contributed by atoms with E-state index in [4.69, 9.17) is 14.4 Å². The van der Waals surface area contributed by atoms with Gasteiger partial charge in [-0.05, 0) is 5.92 Å². The average Bonchev–Trinajstić information content (AvgIpc) is 2.72. The molecule has 0 aromatic rings. The van der Waals surface area contributed by atoms with E-state index >= 15 is 0 Å². The Labute approximate surface area is 115 Å². The Morgan fingerprint density at radius 1 is 1.18 bits per heavy atom. The summed E-state index contributed by atoms with van der Waals surface area (Å²) in [5.74, 6) is 0.768. The number of hydrogen-bond donors (Lipinski definition) is 0. The van der Waals surface area contributed by atoms with Gasteiger partial charge in [0.05, 0.1) is 0 Å². The monoisotopic (exact) mass is 281 g/mol. The van der Waals surface area contributed by atoms with Crippen LogP contribution in [0.1, 0.15) is 33.6 Å². The van der Waals surface area contributed by atoms with Crippen molar-refractivity contribution < 1.29 is 31.5 Å². The van der Waals surface area contributed by atoms with Gasteiger partial charge in [0.2, 0.25) is 0 Å². The summed E-state index contributed by atoms with van der Waals surface area (Å²) >= 11 is 0. The summed E-state index contributed by atoms with van der Waals surface area (Å²) in [5.41, 5.74) is 2.88. The second kappa shape index (κ2) is 20.4. The Kier molecular flexibility index (Phi) is 30.0. The maximum atomic E-state index is 8.00. The maximum absolute atomic E-state index is 8.00. The van der Waals surface area contributed by atoms with Crippen LogP contribution in [0.15, 0.2) is 17.2 Å². The van der Waals surface area contributed by atoms with Crippen molar-refractivity contribution >= 4 is 20.4 Å². The molecule has 100 valence electrons. The molecule has 1 rings (SSSR count). The molecule has 0 radical (unpaired) electrons. The van der Waals surface area contributed by atoms with Crippen LogP contribution in [0.3, 0.4) is 0 Å². The molecule has 0 atom stereocenters. The second-order valence-electron chi connectivity index (χ2n) is 3.34. The summed E-state index contributed by atoms with van der Waals surface area (Å²) < 4.78 is 0. The van der Waals surface area contributed by atoms with Crippen molar-refractivity contribution in [2.45, 2.75) is 33.6 Å². The van der Waals surface area contributed by atoms with Crippen molar-refractivity contribution in [1.82, 2.24) is 0 Å². The number of hydrogen-bond acceptors (Lipinski definition) is 3. The Balaban J connectivity index is -0.000000106. The van der Waals surface area contributed by atoms with Crippen molar-refractivity contribution in [3.05, 3.63) is 23.3 Å². The van der Waals surface area contributed by atoms with E-state index in [0.29, 0.717) is 0 Å². The van der Waals surface area contributed by atoms with Crippen LogP contribution < -0.4 is 0 Å². The van der Waals surface area contributed by atoms with Crippen LogP contribution in [0.2, 0.25) is 0 Å². The molecule has 0 saturated heterocycles. The Bertz CT molecular complexity index is 218. The average molecular weight is 281 g/mol. The third-order valence-corrected chi connectivity index (χ3v) is 1.81. The predicted octanol–water partition coefficient (Wildman–Crippen LogP) is 2.55. The van der Waals surface area contributed by atoms with Gasteiger partial charge in [0, 0.05) is 17.1 Å². The van der Waals surface area contributed by atoms with Gasteiger partial charge in [-0.2, -0.15) is 6.08 Å². The van der Waals surface area contributed by atoms with E-state index in [1.165, 1.54) is 17.6 Å². The van der Waals surface area contributed by atoms with Crippen LogP contribution in [0.5, 0.6) is 0 Å². The van der Waals surface area contributed by atoms with E-state index in [9.17, 15) is 0 Å². The van der Waals surface area contributed by atoms with Crippen molar-refractivity contribution in [2.24, 2.45) is 5.92 Å². The van der Waals surface area contributed by atoms with Gasteiger partial charge in [0.15, 0.2) is 0 Å². The molecule has 1 aliphatic carbocycles. The zero-order chi connectivity index (χ0) is 13.6. The summed E-state index contributed by atoms with van der Waals surface area (Å²) in [7, 11) is 0. The van der Waals surface area contributed by atoms with Crippen LogP contribution >= 0.6 is 0 Å². The van der Waals surface area contributed by atoms with Crippen LogP contribution in [0, 0.1) is 12.0 Å². The molecule has 4 heteroatoms. The van der Waals surface area contributed by atoms with Crippen LogP contribution in [-0.2, 0) is 31.5 Å². The molecular weight excluding hydrogens is 260 g/mol. The molecule has 0 aliphatic heterocycles. The minimum absolute atomic E-state index is 0. The van der Waals surface area contributed by atoms with Gasteiger partial charge in [-0.25, -0.2) is 11.1 Å². The van der Waals surface area contributed by atoms with Crippen molar-refractivity contribution in [3.8, 4) is 0 Å². The largest absolute Gasteiger partial charge is 0.307 e. The minimum Gasteiger partial charge on any atom is -0.307 e. The standard InChI is InChI=1S/C10H15.3CH2O.Fe/c1-8(2)7-10-6-4-5-9(10)3;3*1-2;/h5,8H,4,7H2,1-3H3;3*1H2;/q-1;;;;. The van der Waals surface area contributed by atoms with Gasteiger partial charge in [-0.15, -0.1) is 13.3 Å². The van der Waals surface area contributed by atoms with Gasteiger partial charge in [0.25, 0.3) is 0 Å². The fourth-order valence-corrected chi connectivity index (χ4v) is 1.23. The fourth-order valence-electron chi connectivity index (χ4n) is 1.23. The Morgan fingerprint density at radius 3 is 1.82 bits per heavy atom. The second-order valence-corrected chi connectivity index (χ2v) is 3.34. The molecule has 0 N–H and O–H groups in total. The molecule has 17 heavy (non-hydrogen) atoms. The maximum Gasteiger partial charge on any atom is 0.106 e. The molecule has 0 fully saturated rings. The van der Waals surface area contributed by atoms with Gasteiger partial charge in [0.1, 0.15) is 20.4 Å². The fraction of sp³-hybridized carbons (Fsp3) is 0.462. The van der Waals surface area contributed by atoms with Gasteiger partial charge >= 0.3 is 0 Å². The normalized spacial score (nSPS) is 11.1. The third-order valence-electron chi connectivity index (χ3n) is 1.81. The van der Waals surface area contributed by atoms with Crippen molar-refractivity contribution in [3.63, 3.8) is 0 Å². The molecule has 0 heterocycles. The van der Waals surface area contributed by atoms with E-state index in [2.05, 4.69) is 32.9 Å². The zero-order valence-corrected chi connectivity index (χ0v) is 11.9. The molecule has 3 nitrogen and oxygen atoms in total. The van der Waals surface area contributed by atoms with E-state index in [-0.39, 0.29) is 17.1 Å². The van der Waals surface area contributed by atoms with E-state index in [0.717, 1.165) is 12.3 Å². The molecule has 0 saturated carbocycles. The van der Waals surface area contributed by atoms with E-state index in [1.54, 1.807) is 0 Å². The van der Waals surface area contributed by atoms with Gasteiger partial charge in [-0.3, -0.25) is 6.08 Å². The smallest absolute Gasteiger partial charge is 0.106 e. The number of carbonyl (C=O) groups excluding carboxylic acids is 3. The molecule has 0 aromatic heterocycles. The molecule has 1 aliphatic rings. The zero-order valence-electron chi connectivity index (χ0n) is 10.8. The summed E-state index contributed by atoms with van der Waals surface area (Å²) in [4.78, 5) is 24.0. The quantitative estimate of drug-likeness (QED) is 0.577. The molecule has 0 unspecified atom stereocenters. The van der Waals surface area contributed by atoms with Crippen LogP contribution in [-0.4, -0.2) is 20.4 Å². The number of allylic oxidation sites excluding steroid dienone is 4. The first-order chi connectivity index (χ1) is 7.70. The summed E-state index contributed by atoms with van der Waals surface area (Å²) in [6.45, 7) is 12.7. The first-order valence-corrected chi connectivity index (χ1v) is 4.83. The first kappa shape index (κ1) is 25.0. The van der Waals surface area contributed by atoms with Crippen molar-refractivity contribution in [2.75, 3.05) is 0 Å². The Hall–Kier alpha value is -0.991. The molecule has 0 spiro atoms. The molecule has 0 bridgehead atoms. The number of carbonyl (C=O) groups is 3. The topological polar surface area (TPSA) is 51.2 Å². The van der Waals surface area contributed by atoms with E-state index in [1.807, 2.05) is 20.4 Å². The molecule has 0 amide bonds. The van der Waals surface area contributed by atoms with Gasteiger partial charge < -0.3 is 14.4 Å².